The molecule has 6 nitrogen and oxygen atoms in total. The van der Waals surface area contributed by atoms with Crippen molar-refractivity contribution in [3.05, 3.63) is 53.0 Å². The highest BCUT2D eigenvalue weighted by molar-refractivity contribution is 9.10. The van der Waals surface area contributed by atoms with Gasteiger partial charge in [-0.1, -0.05) is 12.1 Å². The van der Waals surface area contributed by atoms with Gasteiger partial charge in [0.25, 0.3) is 0 Å². The fourth-order valence-electron chi connectivity index (χ4n) is 2.39. The van der Waals surface area contributed by atoms with E-state index in [1.807, 2.05) is 18.2 Å². The topological polar surface area (TPSA) is 75.7 Å². The number of sulfonamides is 1. The summed E-state index contributed by atoms with van der Waals surface area (Å²) in [5, 5.41) is 2.81. The van der Waals surface area contributed by atoms with E-state index in [9.17, 15) is 13.2 Å². The second-order valence-corrected chi connectivity index (χ2v) is 8.43. The van der Waals surface area contributed by atoms with Crippen molar-refractivity contribution in [3.63, 3.8) is 0 Å². The molecule has 1 N–H and O–H groups in total. The number of hydrogen-bond acceptors (Lipinski definition) is 4. The SMILES string of the molecule is COc1ccc(N(CCCC(=O)Nc2ccccc2Br)S(C)(=O)=O)cc1. The minimum atomic E-state index is -3.45. The molecule has 0 unspecified atom stereocenters. The van der Waals surface area contributed by atoms with E-state index in [4.69, 9.17) is 4.74 Å². The number of hydrogen-bond donors (Lipinski definition) is 1. The smallest absolute Gasteiger partial charge is 0.232 e. The molecule has 0 aliphatic carbocycles. The number of nitrogens with zero attached hydrogens (tertiary/aromatic N) is 1. The summed E-state index contributed by atoms with van der Waals surface area (Å²) in [6.07, 6.45) is 1.76. The first kappa shape index (κ1) is 20.3. The van der Waals surface area contributed by atoms with Crippen LogP contribution < -0.4 is 14.4 Å². The number of ether oxygens (including phenoxy) is 1. The Morgan fingerprint density at radius 3 is 2.38 bits per heavy atom. The second-order valence-electron chi connectivity index (χ2n) is 5.66. The summed E-state index contributed by atoms with van der Waals surface area (Å²) in [5.74, 6) is 0.482. The Morgan fingerprint density at radius 1 is 1.15 bits per heavy atom. The molecule has 0 fully saturated rings. The summed E-state index contributed by atoms with van der Waals surface area (Å²) in [5.41, 5.74) is 1.23. The van der Waals surface area contributed by atoms with Gasteiger partial charge < -0.3 is 10.1 Å². The highest BCUT2D eigenvalue weighted by Gasteiger charge is 2.17. The standard InChI is InChI=1S/C18H21BrN2O4S/c1-25-15-11-9-14(10-12-15)21(26(2,23)24)13-5-8-18(22)20-17-7-4-3-6-16(17)19/h3-4,6-7,9-12H,5,8,13H2,1-2H3,(H,20,22). The molecule has 2 rings (SSSR count). The van der Waals surface area contributed by atoms with Crippen molar-refractivity contribution < 1.29 is 17.9 Å². The lowest BCUT2D eigenvalue weighted by molar-refractivity contribution is -0.116. The number of carbonyl (C=O) groups is 1. The third-order valence-electron chi connectivity index (χ3n) is 3.67. The first-order valence-electron chi connectivity index (χ1n) is 7.97. The lowest BCUT2D eigenvalue weighted by Gasteiger charge is -2.22. The number of halogens is 1. The Labute approximate surface area is 162 Å². The van der Waals surface area contributed by atoms with Crippen LogP contribution in [0, 0.1) is 0 Å². The van der Waals surface area contributed by atoms with Gasteiger partial charge in [0, 0.05) is 17.4 Å². The Bertz CT molecular complexity index is 854. The van der Waals surface area contributed by atoms with Crippen molar-refractivity contribution in [1.82, 2.24) is 0 Å². The summed E-state index contributed by atoms with van der Waals surface area (Å²) >= 11 is 3.37. The predicted octanol–water partition coefficient (Wildman–Crippen LogP) is 3.64. The van der Waals surface area contributed by atoms with E-state index in [0.29, 0.717) is 23.5 Å². The molecule has 0 saturated heterocycles. The molecule has 2 aromatic rings. The van der Waals surface area contributed by atoms with Crippen molar-refractivity contribution in [2.75, 3.05) is 29.5 Å². The monoisotopic (exact) mass is 440 g/mol. The van der Waals surface area contributed by atoms with E-state index >= 15 is 0 Å². The zero-order chi connectivity index (χ0) is 19.2. The molecule has 0 heterocycles. The molecular formula is C18H21BrN2O4S. The maximum Gasteiger partial charge on any atom is 0.232 e. The molecule has 0 aliphatic heterocycles. The number of benzene rings is 2. The quantitative estimate of drug-likeness (QED) is 0.679. The van der Waals surface area contributed by atoms with Crippen LogP contribution in [-0.2, 0) is 14.8 Å². The van der Waals surface area contributed by atoms with Crippen LogP contribution in [0.3, 0.4) is 0 Å². The van der Waals surface area contributed by atoms with Gasteiger partial charge in [0.1, 0.15) is 5.75 Å². The number of rotatable bonds is 8. The van der Waals surface area contributed by atoms with Crippen LogP contribution >= 0.6 is 15.9 Å². The van der Waals surface area contributed by atoms with Gasteiger partial charge in [0.15, 0.2) is 0 Å². The van der Waals surface area contributed by atoms with Crippen molar-refractivity contribution in [2.24, 2.45) is 0 Å². The Balaban J connectivity index is 1.97. The fraction of sp³-hybridized carbons (Fsp3) is 0.278. The molecule has 0 aliphatic rings. The molecule has 0 saturated carbocycles. The molecule has 26 heavy (non-hydrogen) atoms. The van der Waals surface area contributed by atoms with Gasteiger partial charge in [-0.05, 0) is 58.7 Å². The van der Waals surface area contributed by atoms with E-state index in [-0.39, 0.29) is 18.9 Å². The number of nitrogens with one attached hydrogen (secondary N) is 1. The fourth-order valence-corrected chi connectivity index (χ4v) is 3.74. The van der Waals surface area contributed by atoms with E-state index < -0.39 is 10.0 Å². The third kappa shape index (κ3) is 5.74. The van der Waals surface area contributed by atoms with Crippen molar-refractivity contribution in [1.29, 1.82) is 0 Å². The van der Waals surface area contributed by atoms with Crippen LogP contribution in [0.25, 0.3) is 0 Å². The van der Waals surface area contributed by atoms with E-state index in [1.54, 1.807) is 37.4 Å². The number of carbonyl (C=O) groups excluding carboxylic acids is 1. The number of para-hydroxylation sites is 1. The number of anilines is 2. The lowest BCUT2D eigenvalue weighted by Crippen LogP contribution is -2.31. The maximum absolute atomic E-state index is 12.1. The van der Waals surface area contributed by atoms with Crippen LogP contribution in [0.1, 0.15) is 12.8 Å². The van der Waals surface area contributed by atoms with Gasteiger partial charge in [-0.15, -0.1) is 0 Å². The zero-order valence-corrected chi connectivity index (χ0v) is 17.0. The van der Waals surface area contributed by atoms with Gasteiger partial charge >= 0.3 is 0 Å². The molecule has 0 spiro atoms. The molecule has 0 bridgehead atoms. The van der Waals surface area contributed by atoms with Gasteiger partial charge in [-0.2, -0.15) is 0 Å². The normalized spacial score (nSPS) is 11.0. The van der Waals surface area contributed by atoms with Crippen molar-refractivity contribution >= 4 is 43.2 Å². The molecule has 0 aromatic heterocycles. The van der Waals surface area contributed by atoms with E-state index in [1.165, 1.54) is 4.31 Å². The highest BCUT2D eigenvalue weighted by Crippen LogP contribution is 2.23. The third-order valence-corrected chi connectivity index (χ3v) is 5.56. The molecular weight excluding hydrogens is 420 g/mol. The average Bonchev–Trinajstić information content (AvgIpc) is 2.60. The molecule has 0 atom stereocenters. The summed E-state index contributed by atoms with van der Waals surface area (Å²) in [6.45, 7) is 0.217. The van der Waals surface area contributed by atoms with Crippen LogP contribution in [0.4, 0.5) is 11.4 Å². The van der Waals surface area contributed by atoms with Gasteiger partial charge in [-0.3, -0.25) is 9.10 Å². The van der Waals surface area contributed by atoms with Crippen LogP contribution in [0.15, 0.2) is 53.0 Å². The van der Waals surface area contributed by atoms with Gasteiger partial charge in [0.2, 0.25) is 15.9 Å². The van der Waals surface area contributed by atoms with E-state index in [2.05, 4.69) is 21.2 Å². The first-order chi connectivity index (χ1) is 12.3. The molecule has 140 valence electrons. The number of amides is 1. The predicted molar refractivity (Wildman–Crippen MR) is 107 cm³/mol. The Hall–Kier alpha value is -2.06. The minimum Gasteiger partial charge on any atom is -0.497 e. The maximum atomic E-state index is 12.1. The van der Waals surface area contributed by atoms with Crippen molar-refractivity contribution in [3.8, 4) is 5.75 Å². The van der Waals surface area contributed by atoms with Crippen LogP contribution in [0.5, 0.6) is 5.75 Å². The van der Waals surface area contributed by atoms with Gasteiger partial charge in [-0.25, -0.2) is 8.42 Å². The molecule has 2 aromatic carbocycles. The average molecular weight is 441 g/mol. The van der Waals surface area contributed by atoms with Crippen molar-refractivity contribution in [2.45, 2.75) is 12.8 Å². The second kappa shape index (κ2) is 9.05. The van der Waals surface area contributed by atoms with Crippen LogP contribution in [0.2, 0.25) is 0 Å². The summed E-state index contributed by atoms with van der Waals surface area (Å²) in [4.78, 5) is 12.1. The van der Waals surface area contributed by atoms with Gasteiger partial charge in [0.05, 0.1) is 24.7 Å². The highest BCUT2D eigenvalue weighted by atomic mass is 79.9. The Kier molecular flexibility index (Phi) is 7.05. The van der Waals surface area contributed by atoms with Crippen LogP contribution in [-0.4, -0.2) is 34.2 Å². The molecule has 8 heteroatoms. The van der Waals surface area contributed by atoms with E-state index in [0.717, 1.165) is 10.7 Å². The summed E-state index contributed by atoms with van der Waals surface area (Å²) in [7, 11) is -1.90. The largest absolute Gasteiger partial charge is 0.497 e. The summed E-state index contributed by atoms with van der Waals surface area (Å²) < 4.78 is 31.3. The molecule has 0 radical (unpaired) electrons. The Morgan fingerprint density at radius 2 is 1.81 bits per heavy atom. The lowest BCUT2D eigenvalue weighted by atomic mass is 10.2. The minimum absolute atomic E-state index is 0.167. The summed E-state index contributed by atoms with van der Waals surface area (Å²) in [6, 6.07) is 14.1. The molecule has 1 amide bonds. The zero-order valence-electron chi connectivity index (χ0n) is 14.6. The first-order valence-corrected chi connectivity index (χ1v) is 10.6. The number of methoxy groups -OCH3 is 1.